The van der Waals surface area contributed by atoms with Gasteiger partial charge in [0, 0.05) is 0 Å². The average Bonchev–Trinajstić information content (AvgIpc) is 1.95. The summed E-state index contributed by atoms with van der Waals surface area (Å²) in [6.45, 7) is 0. The molecule has 2 bridgehead atoms. The first-order valence-corrected chi connectivity index (χ1v) is 5.81. The Hall–Kier alpha value is -0.350. The molecule has 12 heavy (non-hydrogen) atoms. The van der Waals surface area contributed by atoms with Gasteiger partial charge in [0.15, 0.2) is 9.84 Å². The van der Waals surface area contributed by atoms with Crippen molar-refractivity contribution in [1.29, 1.82) is 0 Å². The van der Waals surface area contributed by atoms with Crippen LogP contribution in [0.2, 0.25) is 0 Å². The molecule has 2 heterocycles. The molecule has 0 aromatic carbocycles. The Morgan fingerprint density at radius 3 is 2.75 bits per heavy atom. The Kier molecular flexibility index (Phi) is 1.77. The molecule has 0 aliphatic carbocycles. The maximum absolute atomic E-state index is 11.6. The van der Waals surface area contributed by atoms with Crippen molar-refractivity contribution in [3.8, 4) is 0 Å². The van der Waals surface area contributed by atoms with Gasteiger partial charge in [-0.3, -0.25) is 0 Å². The van der Waals surface area contributed by atoms with Gasteiger partial charge in [-0.1, -0.05) is 12.2 Å². The molecule has 0 aromatic heterocycles. The predicted octanol–water partition coefficient (Wildman–Crippen LogP) is 0.253. The lowest BCUT2D eigenvalue weighted by atomic mass is 10.0. The van der Waals surface area contributed by atoms with Gasteiger partial charge < -0.3 is 5.11 Å². The maximum Gasteiger partial charge on any atom is 0.162 e. The van der Waals surface area contributed by atoms with Crippen LogP contribution in [0.25, 0.3) is 0 Å². The summed E-state index contributed by atoms with van der Waals surface area (Å²) < 4.78 is 23.2. The van der Waals surface area contributed by atoms with Gasteiger partial charge in [0.25, 0.3) is 0 Å². The SMILES string of the molecule is O=S1(=O)[C@@H]2C=CC[C@H]1[C@@H](O)CC2. The molecule has 1 N–H and O–H groups in total. The van der Waals surface area contributed by atoms with Crippen molar-refractivity contribution in [1.82, 2.24) is 0 Å². The third kappa shape index (κ3) is 1.02. The Morgan fingerprint density at radius 2 is 2.08 bits per heavy atom. The van der Waals surface area contributed by atoms with Gasteiger partial charge in [-0.15, -0.1) is 0 Å². The topological polar surface area (TPSA) is 54.4 Å². The highest BCUT2D eigenvalue weighted by Crippen LogP contribution is 2.32. The summed E-state index contributed by atoms with van der Waals surface area (Å²) in [5.41, 5.74) is 0. The first-order chi connectivity index (χ1) is 5.62. The number of aliphatic hydroxyl groups excluding tert-OH is 1. The molecule has 3 nitrogen and oxygen atoms in total. The number of aliphatic hydroxyl groups is 1. The van der Waals surface area contributed by atoms with E-state index in [-0.39, 0.29) is 5.25 Å². The first kappa shape index (κ1) is 8.26. The molecular formula is C8H12O3S. The molecule has 0 spiro atoms. The molecule has 0 radical (unpaired) electrons. The van der Waals surface area contributed by atoms with Crippen molar-refractivity contribution < 1.29 is 13.5 Å². The normalized spacial score (nSPS) is 44.2. The van der Waals surface area contributed by atoms with E-state index in [1.165, 1.54) is 0 Å². The van der Waals surface area contributed by atoms with E-state index < -0.39 is 21.2 Å². The molecule has 4 heteroatoms. The van der Waals surface area contributed by atoms with Crippen molar-refractivity contribution in [3.05, 3.63) is 12.2 Å². The second kappa shape index (κ2) is 2.57. The minimum atomic E-state index is -3.05. The molecule has 2 rings (SSSR count). The lowest BCUT2D eigenvalue weighted by molar-refractivity contribution is 0.147. The van der Waals surface area contributed by atoms with Crippen molar-refractivity contribution in [2.45, 2.75) is 35.9 Å². The highest BCUT2D eigenvalue weighted by molar-refractivity contribution is 7.93. The van der Waals surface area contributed by atoms with Crippen molar-refractivity contribution >= 4 is 9.84 Å². The molecule has 1 saturated heterocycles. The van der Waals surface area contributed by atoms with E-state index in [0.29, 0.717) is 19.3 Å². The monoisotopic (exact) mass is 188 g/mol. The molecule has 0 aromatic rings. The minimum Gasteiger partial charge on any atom is -0.392 e. The molecule has 2 aliphatic rings. The lowest BCUT2D eigenvalue weighted by Crippen LogP contribution is -2.46. The Labute approximate surface area is 72.0 Å². The zero-order valence-electron chi connectivity index (χ0n) is 6.68. The fourth-order valence-electron chi connectivity index (χ4n) is 1.99. The molecule has 2 aliphatic heterocycles. The van der Waals surface area contributed by atoms with Gasteiger partial charge in [-0.2, -0.15) is 0 Å². The zero-order valence-corrected chi connectivity index (χ0v) is 7.50. The summed E-state index contributed by atoms with van der Waals surface area (Å²) in [5.74, 6) is 0. The van der Waals surface area contributed by atoms with Crippen molar-refractivity contribution in [2.75, 3.05) is 0 Å². The maximum atomic E-state index is 11.6. The molecule has 0 amide bonds. The Morgan fingerprint density at radius 1 is 1.33 bits per heavy atom. The van der Waals surface area contributed by atoms with E-state index in [4.69, 9.17) is 0 Å². The summed E-state index contributed by atoms with van der Waals surface area (Å²) in [6.07, 6.45) is 4.68. The fraction of sp³-hybridized carbons (Fsp3) is 0.750. The smallest absolute Gasteiger partial charge is 0.162 e. The van der Waals surface area contributed by atoms with Crippen molar-refractivity contribution in [3.63, 3.8) is 0 Å². The number of fused-ring (bicyclic) bond motifs is 2. The van der Waals surface area contributed by atoms with E-state index >= 15 is 0 Å². The zero-order chi connectivity index (χ0) is 8.77. The van der Waals surface area contributed by atoms with E-state index in [1.807, 2.05) is 6.08 Å². The molecule has 3 atom stereocenters. The number of hydrogen-bond donors (Lipinski definition) is 1. The average molecular weight is 188 g/mol. The molecule has 68 valence electrons. The van der Waals surface area contributed by atoms with Crippen molar-refractivity contribution in [2.24, 2.45) is 0 Å². The van der Waals surface area contributed by atoms with Gasteiger partial charge in [0.2, 0.25) is 0 Å². The summed E-state index contributed by atoms with van der Waals surface area (Å²) >= 11 is 0. The molecule has 0 saturated carbocycles. The van der Waals surface area contributed by atoms with Crippen LogP contribution in [-0.4, -0.2) is 30.1 Å². The Bertz CT molecular complexity index is 304. The summed E-state index contributed by atoms with van der Waals surface area (Å²) in [7, 11) is -3.05. The van der Waals surface area contributed by atoms with E-state index in [2.05, 4.69) is 0 Å². The van der Waals surface area contributed by atoms with Crippen LogP contribution < -0.4 is 0 Å². The fourth-order valence-corrected chi connectivity index (χ4v) is 4.19. The van der Waals surface area contributed by atoms with E-state index in [0.717, 1.165) is 0 Å². The highest BCUT2D eigenvalue weighted by atomic mass is 32.2. The van der Waals surface area contributed by atoms with Gasteiger partial charge in [-0.25, -0.2) is 8.42 Å². The number of sulfone groups is 1. The number of rotatable bonds is 0. The van der Waals surface area contributed by atoms with E-state index in [1.54, 1.807) is 6.08 Å². The highest BCUT2D eigenvalue weighted by Gasteiger charge is 2.42. The summed E-state index contributed by atoms with van der Waals surface area (Å²) in [4.78, 5) is 0. The van der Waals surface area contributed by atoms with E-state index in [9.17, 15) is 13.5 Å². The second-order valence-corrected chi connectivity index (χ2v) is 5.86. The van der Waals surface area contributed by atoms with Crippen LogP contribution in [0, 0.1) is 0 Å². The standard InChI is InChI=1S/C8H12O3S/c9-7-5-4-6-2-1-3-8(7)12(6,10)11/h1-2,6-9H,3-5H2/t6-,7+,8+/m1/s1. The predicted molar refractivity (Wildman–Crippen MR) is 45.5 cm³/mol. The van der Waals surface area contributed by atoms with Gasteiger partial charge >= 0.3 is 0 Å². The summed E-state index contributed by atoms with van der Waals surface area (Å²) in [5, 5.41) is 8.60. The third-order valence-electron chi connectivity index (χ3n) is 2.74. The van der Waals surface area contributed by atoms with Gasteiger partial charge in [0.05, 0.1) is 16.6 Å². The second-order valence-electron chi connectivity index (χ2n) is 3.47. The van der Waals surface area contributed by atoms with Gasteiger partial charge in [0.1, 0.15) is 0 Å². The summed E-state index contributed by atoms with van der Waals surface area (Å²) in [6, 6.07) is 0. The molecule has 0 unspecified atom stereocenters. The molecule has 1 fully saturated rings. The minimum absolute atomic E-state index is 0.320. The van der Waals surface area contributed by atoms with Crippen LogP contribution in [0.1, 0.15) is 19.3 Å². The first-order valence-electron chi connectivity index (χ1n) is 4.20. The molecular weight excluding hydrogens is 176 g/mol. The number of hydrogen-bond acceptors (Lipinski definition) is 3. The van der Waals surface area contributed by atoms with Crippen LogP contribution in [-0.2, 0) is 9.84 Å². The largest absolute Gasteiger partial charge is 0.392 e. The van der Waals surface area contributed by atoms with Crippen LogP contribution in [0.15, 0.2) is 12.2 Å². The van der Waals surface area contributed by atoms with Crippen LogP contribution >= 0.6 is 0 Å². The quantitative estimate of drug-likeness (QED) is 0.554. The number of allylic oxidation sites excluding steroid dienone is 1. The van der Waals surface area contributed by atoms with Crippen LogP contribution in [0.3, 0.4) is 0 Å². The third-order valence-corrected chi connectivity index (χ3v) is 5.33. The Balaban J connectivity index is 2.44. The van der Waals surface area contributed by atoms with Crippen LogP contribution in [0.4, 0.5) is 0 Å². The van der Waals surface area contributed by atoms with Gasteiger partial charge in [-0.05, 0) is 19.3 Å². The lowest BCUT2D eigenvalue weighted by Gasteiger charge is -2.34. The van der Waals surface area contributed by atoms with Crippen LogP contribution in [0.5, 0.6) is 0 Å².